The standard InChI is InChI=1S/C26H31F3N2O5/c1-17-16-30(19-9-11-20(12-10-19)34-26(27,28)29)13-14-31(17)23(32)21(15-18-7-5-4-6-8-18)22-24(33)36-25(2,3)35-22/h4-12,17,21-23,32H,13-16H2,1-3H3/t17-,21+,22+,23+/m1/s1. The number of rotatable bonds is 7. The fourth-order valence-corrected chi connectivity index (χ4v) is 4.90. The number of ether oxygens (including phenoxy) is 3. The minimum absolute atomic E-state index is 0.108. The van der Waals surface area contributed by atoms with Gasteiger partial charge in [-0.2, -0.15) is 0 Å². The van der Waals surface area contributed by atoms with Crippen molar-refractivity contribution in [2.75, 3.05) is 24.5 Å². The van der Waals surface area contributed by atoms with Gasteiger partial charge in [0.2, 0.25) is 5.79 Å². The monoisotopic (exact) mass is 508 g/mol. The van der Waals surface area contributed by atoms with Crippen LogP contribution >= 0.6 is 0 Å². The molecule has 196 valence electrons. The Kier molecular flexibility index (Phi) is 7.49. The Morgan fingerprint density at radius 2 is 1.78 bits per heavy atom. The normalized spacial score (nSPS) is 24.3. The number of carbonyl (C=O) groups is 1. The lowest BCUT2D eigenvalue weighted by Gasteiger charge is -2.45. The van der Waals surface area contributed by atoms with E-state index in [0.717, 1.165) is 11.3 Å². The van der Waals surface area contributed by atoms with Crippen molar-refractivity contribution in [3.8, 4) is 5.75 Å². The first-order valence-electron chi connectivity index (χ1n) is 11.9. The van der Waals surface area contributed by atoms with E-state index in [1.807, 2.05) is 47.1 Å². The molecule has 2 fully saturated rings. The molecule has 1 N–H and O–H groups in total. The number of nitrogens with zero attached hydrogens (tertiary/aromatic N) is 2. The first-order chi connectivity index (χ1) is 16.9. The molecular weight excluding hydrogens is 477 g/mol. The average Bonchev–Trinajstić information content (AvgIpc) is 3.09. The Balaban J connectivity index is 1.47. The number of piperazine rings is 1. The van der Waals surface area contributed by atoms with Crippen LogP contribution in [0.1, 0.15) is 26.3 Å². The summed E-state index contributed by atoms with van der Waals surface area (Å²) in [4.78, 5) is 16.7. The summed E-state index contributed by atoms with van der Waals surface area (Å²) >= 11 is 0. The highest BCUT2D eigenvalue weighted by Gasteiger charge is 2.49. The zero-order valence-corrected chi connectivity index (χ0v) is 20.4. The highest BCUT2D eigenvalue weighted by Crippen LogP contribution is 2.34. The van der Waals surface area contributed by atoms with Gasteiger partial charge in [0.15, 0.2) is 6.10 Å². The van der Waals surface area contributed by atoms with Crippen molar-refractivity contribution in [1.82, 2.24) is 4.90 Å². The van der Waals surface area contributed by atoms with Gasteiger partial charge in [0.1, 0.15) is 12.0 Å². The van der Waals surface area contributed by atoms with Crippen molar-refractivity contribution < 1.29 is 37.3 Å². The van der Waals surface area contributed by atoms with E-state index in [1.54, 1.807) is 26.0 Å². The molecule has 2 aromatic rings. The van der Waals surface area contributed by atoms with E-state index in [-0.39, 0.29) is 11.8 Å². The molecule has 0 unspecified atom stereocenters. The van der Waals surface area contributed by atoms with Crippen LogP contribution in [-0.2, 0) is 20.7 Å². The zero-order chi connectivity index (χ0) is 26.1. The quantitative estimate of drug-likeness (QED) is 0.568. The van der Waals surface area contributed by atoms with Crippen LogP contribution in [-0.4, -0.2) is 66.1 Å². The highest BCUT2D eigenvalue weighted by atomic mass is 19.4. The second-order valence-electron chi connectivity index (χ2n) is 9.70. The van der Waals surface area contributed by atoms with Gasteiger partial charge < -0.3 is 24.2 Å². The van der Waals surface area contributed by atoms with Gasteiger partial charge in [0, 0.05) is 51.1 Å². The van der Waals surface area contributed by atoms with E-state index in [0.29, 0.717) is 26.1 Å². The molecule has 0 bridgehead atoms. The first-order valence-corrected chi connectivity index (χ1v) is 11.9. The summed E-state index contributed by atoms with van der Waals surface area (Å²) in [7, 11) is 0. The molecule has 7 nitrogen and oxygen atoms in total. The van der Waals surface area contributed by atoms with E-state index in [9.17, 15) is 23.1 Å². The Labute approximate surface area is 208 Å². The van der Waals surface area contributed by atoms with Gasteiger partial charge in [0.25, 0.3) is 0 Å². The van der Waals surface area contributed by atoms with Crippen LogP contribution in [0, 0.1) is 5.92 Å². The Bertz CT molecular complexity index is 1030. The van der Waals surface area contributed by atoms with E-state index in [4.69, 9.17) is 9.47 Å². The number of cyclic esters (lactones) is 1. The van der Waals surface area contributed by atoms with Crippen LogP contribution in [0.3, 0.4) is 0 Å². The average molecular weight is 509 g/mol. The van der Waals surface area contributed by atoms with Crippen LogP contribution in [0.15, 0.2) is 54.6 Å². The van der Waals surface area contributed by atoms with Crippen molar-refractivity contribution >= 4 is 11.7 Å². The Morgan fingerprint density at radius 3 is 2.33 bits per heavy atom. The minimum Gasteiger partial charge on any atom is -0.432 e. The minimum atomic E-state index is -4.74. The van der Waals surface area contributed by atoms with Crippen LogP contribution in [0.25, 0.3) is 0 Å². The molecule has 0 amide bonds. The molecule has 36 heavy (non-hydrogen) atoms. The highest BCUT2D eigenvalue weighted by molar-refractivity contribution is 5.77. The molecule has 4 atom stereocenters. The zero-order valence-electron chi connectivity index (χ0n) is 20.4. The van der Waals surface area contributed by atoms with Crippen molar-refractivity contribution in [2.45, 2.75) is 57.7 Å². The summed E-state index contributed by atoms with van der Waals surface area (Å²) in [5.74, 6) is -2.40. The van der Waals surface area contributed by atoms with Gasteiger partial charge >= 0.3 is 12.3 Å². The smallest absolute Gasteiger partial charge is 0.432 e. The summed E-state index contributed by atoms with van der Waals surface area (Å²) in [5.41, 5.74) is 1.73. The summed E-state index contributed by atoms with van der Waals surface area (Å²) in [6.07, 6.45) is -6.21. The molecule has 2 saturated heterocycles. The van der Waals surface area contributed by atoms with Gasteiger partial charge in [-0.1, -0.05) is 30.3 Å². The fraction of sp³-hybridized carbons (Fsp3) is 0.500. The fourth-order valence-electron chi connectivity index (χ4n) is 4.90. The Morgan fingerprint density at radius 1 is 1.11 bits per heavy atom. The van der Waals surface area contributed by atoms with Crippen molar-refractivity contribution in [1.29, 1.82) is 0 Å². The number of carbonyl (C=O) groups excluding carboxylic acids is 1. The molecule has 2 aliphatic heterocycles. The van der Waals surface area contributed by atoms with Gasteiger partial charge in [0.05, 0.1) is 0 Å². The van der Waals surface area contributed by atoms with Gasteiger partial charge in [-0.05, 0) is 43.2 Å². The predicted octanol–water partition coefficient (Wildman–Crippen LogP) is 3.95. The second kappa shape index (κ2) is 10.3. The number of aliphatic hydroxyl groups excluding tert-OH is 1. The molecule has 0 radical (unpaired) electrons. The maximum Gasteiger partial charge on any atom is 0.573 e. The van der Waals surface area contributed by atoms with Crippen molar-refractivity contribution in [2.24, 2.45) is 5.92 Å². The third-order valence-electron chi connectivity index (χ3n) is 6.53. The molecule has 0 aromatic heterocycles. The number of aliphatic hydroxyl groups is 1. The number of anilines is 1. The molecule has 4 rings (SSSR count). The summed E-state index contributed by atoms with van der Waals surface area (Å²) in [6.45, 7) is 6.87. The predicted molar refractivity (Wildman–Crippen MR) is 126 cm³/mol. The van der Waals surface area contributed by atoms with Gasteiger partial charge in [-0.3, -0.25) is 4.90 Å². The third kappa shape index (κ3) is 6.29. The maximum absolute atomic E-state index is 12.7. The molecule has 2 heterocycles. The van der Waals surface area contributed by atoms with E-state index in [1.165, 1.54) is 12.1 Å². The number of halogens is 3. The van der Waals surface area contributed by atoms with Crippen LogP contribution in [0.4, 0.5) is 18.9 Å². The number of hydrogen-bond acceptors (Lipinski definition) is 7. The topological polar surface area (TPSA) is 71.5 Å². The van der Waals surface area contributed by atoms with E-state index in [2.05, 4.69) is 4.74 Å². The lowest BCUT2D eigenvalue weighted by molar-refractivity contribution is -0.274. The van der Waals surface area contributed by atoms with Crippen LogP contribution in [0.5, 0.6) is 5.75 Å². The van der Waals surface area contributed by atoms with E-state index >= 15 is 0 Å². The number of esters is 1. The largest absolute Gasteiger partial charge is 0.573 e. The maximum atomic E-state index is 12.7. The summed E-state index contributed by atoms with van der Waals surface area (Å²) < 4.78 is 52.6. The molecular formula is C26H31F3N2O5. The van der Waals surface area contributed by atoms with Crippen LogP contribution in [0.2, 0.25) is 0 Å². The lowest BCUT2D eigenvalue weighted by atomic mass is 9.90. The summed E-state index contributed by atoms with van der Waals surface area (Å²) in [5, 5.41) is 11.5. The molecule has 0 aliphatic carbocycles. The van der Waals surface area contributed by atoms with E-state index < -0.39 is 36.4 Å². The molecule has 2 aromatic carbocycles. The molecule has 2 aliphatic rings. The Hall–Kier alpha value is -2.82. The molecule has 0 saturated carbocycles. The first kappa shape index (κ1) is 26.2. The number of benzene rings is 2. The SMILES string of the molecule is C[C@@H]1CN(c2ccc(OC(F)(F)F)cc2)CCN1[C@@H](O)[C@@H](Cc1ccccc1)[C@@H]1OC(C)(C)OC1=O. The molecule has 10 heteroatoms. The number of alkyl halides is 3. The van der Waals surface area contributed by atoms with Crippen molar-refractivity contribution in [3.05, 3.63) is 60.2 Å². The van der Waals surface area contributed by atoms with Gasteiger partial charge in [-0.15, -0.1) is 13.2 Å². The second-order valence-corrected chi connectivity index (χ2v) is 9.70. The number of hydrogen-bond donors (Lipinski definition) is 1. The summed E-state index contributed by atoms with van der Waals surface area (Å²) in [6, 6.07) is 15.2. The lowest BCUT2D eigenvalue weighted by Crippen LogP contribution is -2.59. The van der Waals surface area contributed by atoms with Crippen LogP contribution < -0.4 is 9.64 Å². The van der Waals surface area contributed by atoms with Gasteiger partial charge in [-0.25, -0.2) is 4.79 Å². The van der Waals surface area contributed by atoms with Crippen molar-refractivity contribution in [3.63, 3.8) is 0 Å². The third-order valence-corrected chi connectivity index (χ3v) is 6.53. The molecule has 0 spiro atoms.